The van der Waals surface area contributed by atoms with Crippen molar-refractivity contribution in [2.75, 3.05) is 25.5 Å². The molecule has 0 unspecified atom stereocenters. The Morgan fingerprint density at radius 3 is 2.67 bits per heavy atom. The summed E-state index contributed by atoms with van der Waals surface area (Å²) >= 11 is 18.3. The van der Waals surface area contributed by atoms with Crippen molar-refractivity contribution >= 4 is 46.4 Å². The van der Waals surface area contributed by atoms with E-state index in [1.54, 1.807) is 31.4 Å². The van der Waals surface area contributed by atoms with E-state index in [9.17, 15) is 4.79 Å². The molecule has 7 heteroatoms. The van der Waals surface area contributed by atoms with Gasteiger partial charge in [-0.25, -0.2) is 0 Å². The Labute approximate surface area is 174 Å². The number of likely N-dealkylation sites (tertiary alicyclic amines) is 1. The van der Waals surface area contributed by atoms with E-state index in [0.717, 1.165) is 24.9 Å². The number of benzene rings is 2. The van der Waals surface area contributed by atoms with Crippen LogP contribution in [0.5, 0.6) is 5.75 Å². The van der Waals surface area contributed by atoms with Crippen molar-refractivity contribution < 1.29 is 9.53 Å². The van der Waals surface area contributed by atoms with Crippen LogP contribution in [0.3, 0.4) is 0 Å². The van der Waals surface area contributed by atoms with E-state index in [-0.39, 0.29) is 11.8 Å². The number of carbonyl (C=O) groups excluding carboxylic acids is 1. The molecule has 0 radical (unpaired) electrons. The van der Waals surface area contributed by atoms with Crippen LogP contribution in [0.25, 0.3) is 0 Å². The number of carbonyl (C=O) groups is 1. The number of rotatable bonds is 5. The molecule has 3 rings (SSSR count). The van der Waals surface area contributed by atoms with Crippen molar-refractivity contribution in [1.82, 2.24) is 4.90 Å². The molecule has 0 aromatic heterocycles. The predicted molar refractivity (Wildman–Crippen MR) is 111 cm³/mol. The van der Waals surface area contributed by atoms with Crippen LogP contribution in [-0.2, 0) is 11.3 Å². The third-order valence-electron chi connectivity index (χ3n) is 4.70. The molecule has 1 aliphatic rings. The molecule has 0 aliphatic carbocycles. The number of anilines is 1. The number of methoxy groups -OCH3 is 1. The van der Waals surface area contributed by atoms with Crippen LogP contribution >= 0.6 is 34.8 Å². The van der Waals surface area contributed by atoms with Gasteiger partial charge in [0.1, 0.15) is 5.75 Å². The van der Waals surface area contributed by atoms with Gasteiger partial charge >= 0.3 is 0 Å². The lowest BCUT2D eigenvalue weighted by Crippen LogP contribution is -2.40. The summed E-state index contributed by atoms with van der Waals surface area (Å²) in [5.41, 5.74) is 1.60. The highest BCUT2D eigenvalue weighted by Gasteiger charge is 2.26. The van der Waals surface area contributed by atoms with Crippen LogP contribution in [0.2, 0.25) is 15.1 Å². The van der Waals surface area contributed by atoms with Gasteiger partial charge in [0.2, 0.25) is 5.91 Å². The minimum Gasteiger partial charge on any atom is -0.495 e. The number of hydrogen-bond acceptors (Lipinski definition) is 3. The van der Waals surface area contributed by atoms with Crippen LogP contribution in [0.15, 0.2) is 36.4 Å². The molecule has 0 bridgehead atoms. The lowest BCUT2D eigenvalue weighted by Gasteiger charge is -2.32. The number of nitrogens with one attached hydrogen (secondary N) is 1. The van der Waals surface area contributed by atoms with Crippen LogP contribution in [-0.4, -0.2) is 31.0 Å². The molecule has 1 N–H and O–H groups in total. The number of nitrogens with zero attached hydrogens (tertiary/aromatic N) is 1. The van der Waals surface area contributed by atoms with Gasteiger partial charge in [0.15, 0.2) is 0 Å². The van der Waals surface area contributed by atoms with Crippen LogP contribution in [0.4, 0.5) is 5.69 Å². The van der Waals surface area contributed by atoms with Gasteiger partial charge in [-0.2, -0.15) is 0 Å². The fourth-order valence-electron chi connectivity index (χ4n) is 3.32. The number of ether oxygens (including phenoxy) is 1. The van der Waals surface area contributed by atoms with Crippen molar-refractivity contribution in [1.29, 1.82) is 0 Å². The first kappa shape index (κ1) is 20.3. The molecule has 0 saturated carbocycles. The average molecular weight is 428 g/mol. The molecule has 1 heterocycles. The second-order valence-corrected chi connectivity index (χ2v) is 7.92. The van der Waals surface area contributed by atoms with Crippen LogP contribution in [0.1, 0.15) is 18.4 Å². The Balaban J connectivity index is 1.65. The Bertz CT molecular complexity index is 829. The lowest BCUT2D eigenvalue weighted by atomic mass is 9.96. The van der Waals surface area contributed by atoms with Gasteiger partial charge in [0, 0.05) is 28.2 Å². The predicted octanol–water partition coefficient (Wildman–Crippen LogP) is 5.51. The second-order valence-electron chi connectivity index (χ2n) is 6.64. The van der Waals surface area contributed by atoms with E-state index in [1.807, 2.05) is 12.1 Å². The molecule has 1 saturated heterocycles. The molecule has 27 heavy (non-hydrogen) atoms. The maximum absolute atomic E-state index is 12.8. The monoisotopic (exact) mass is 426 g/mol. The maximum Gasteiger partial charge on any atom is 0.228 e. The van der Waals surface area contributed by atoms with Gasteiger partial charge in [-0.05, 0) is 55.3 Å². The number of amides is 1. The zero-order chi connectivity index (χ0) is 19.4. The van der Waals surface area contributed by atoms with E-state index in [4.69, 9.17) is 39.5 Å². The zero-order valence-corrected chi connectivity index (χ0v) is 17.2. The topological polar surface area (TPSA) is 41.6 Å². The minimum atomic E-state index is -0.103. The summed E-state index contributed by atoms with van der Waals surface area (Å²) in [6, 6.07) is 10.7. The summed E-state index contributed by atoms with van der Waals surface area (Å²) < 4.78 is 5.30. The molecule has 1 amide bonds. The standard InChI is InChI=1S/C20H21Cl3N2O2/c1-27-19-7-6-16(22)10-18(19)24-20(26)14-3-2-8-25(12-14)11-13-4-5-15(21)9-17(13)23/h4-7,9-10,14H,2-3,8,11-12H2,1H3,(H,24,26)/t14-/m0/s1. The van der Waals surface area contributed by atoms with Gasteiger partial charge < -0.3 is 10.1 Å². The molecular weight excluding hydrogens is 407 g/mol. The second kappa shape index (κ2) is 9.16. The highest BCUT2D eigenvalue weighted by molar-refractivity contribution is 6.35. The third kappa shape index (κ3) is 5.29. The summed E-state index contributed by atoms with van der Waals surface area (Å²) in [6.07, 6.45) is 1.80. The largest absolute Gasteiger partial charge is 0.495 e. The van der Waals surface area contributed by atoms with Gasteiger partial charge in [-0.15, -0.1) is 0 Å². The molecular formula is C20H21Cl3N2O2. The van der Waals surface area contributed by atoms with Gasteiger partial charge in [0.05, 0.1) is 18.7 Å². The highest BCUT2D eigenvalue weighted by atomic mass is 35.5. The van der Waals surface area contributed by atoms with Gasteiger partial charge in [-0.1, -0.05) is 40.9 Å². The Hall–Kier alpha value is -1.46. The Morgan fingerprint density at radius 1 is 1.19 bits per heavy atom. The summed E-state index contributed by atoms with van der Waals surface area (Å²) in [5.74, 6) is 0.462. The van der Waals surface area contributed by atoms with Crippen molar-refractivity contribution in [3.05, 3.63) is 57.0 Å². The number of piperidine rings is 1. The molecule has 0 spiro atoms. The Kier molecular flexibility index (Phi) is 6.88. The fraction of sp³-hybridized carbons (Fsp3) is 0.350. The van der Waals surface area contributed by atoms with E-state index in [2.05, 4.69) is 10.2 Å². The minimum absolute atomic E-state index is 0.0255. The van der Waals surface area contributed by atoms with Gasteiger partial charge in [0.25, 0.3) is 0 Å². The first-order chi connectivity index (χ1) is 13.0. The van der Waals surface area contributed by atoms with Crippen molar-refractivity contribution in [3.8, 4) is 5.75 Å². The molecule has 4 nitrogen and oxygen atoms in total. The SMILES string of the molecule is COc1ccc(Cl)cc1NC(=O)[C@H]1CCCN(Cc2ccc(Cl)cc2Cl)C1. The van der Waals surface area contributed by atoms with Crippen molar-refractivity contribution in [3.63, 3.8) is 0 Å². The summed E-state index contributed by atoms with van der Waals surface area (Å²) in [5, 5.41) is 4.78. The van der Waals surface area contributed by atoms with E-state index < -0.39 is 0 Å². The lowest BCUT2D eigenvalue weighted by molar-refractivity contribution is -0.121. The van der Waals surface area contributed by atoms with Gasteiger partial charge in [-0.3, -0.25) is 9.69 Å². The summed E-state index contributed by atoms with van der Waals surface area (Å²) in [4.78, 5) is 15.0. The van der Waals surface area contributed by atoms with Crippen LogP contribution < -0.4 is 10.1 Å². The highest BCUT2D eigenvalue weighted by Crippen LogP contribution is 2.29. The first-order valence-corrected chi connectivity index (χ1v) is 9.90. The zero-order valence-electron chi connectivity index (χ0n) is 15.0. The number of halogens is 3. The summed E-state index contributed by atoms with van der Waals surface area (Å²) in [6.45, 7) is 2.30. The Morgan fingerprint density at radius 2 is 1.93 bits per heavy atom. The van der Waals surface area contributed by atoms with Crippen LogP contribution in [0, 0.1) is 5.92 Å². The average Bonchev–Trinajstić information content (AvgIpc) is 2.64. The van der Waals surface area contributed by atoms with E-state index in [0.29, 0.717) is 39.6 Å². The van der Waals surface area contributed by atoms with E-state index in [1.165, 1.54) is 0 Å². The first-order valence-electron chi connectivity index (χ1n) is 8.77. The summed E-state index contributed by atoms with van der Waals surface area (Å²) in [7, 11) is 1.57. The molecule has 1 aliphatic heterocycles. The molecule has 2 aromatic rings. The van der Waals surface area contributed by atoms with Crippen molar-refractivity contribution in [2.45, 2.75) is 19.4 Å². The molecule has 144 valence electrons. The molecule has 2 aromatic carbocycles. The fourth-order valence-corrected chi connectivity index (χ4v) is 3.96. The quantitative estimate of drug-likeness (QED) is 0.684. The third-order valence-corrected chi connectivity index (χ3v) is 5.53. The van der Waals surface area contributed by atoms with Crippen molar-refractivity contribution in [2.24, 2.45) is 5.92 Å². The maximum atomic E-state index is 12.8. The number of hydrogen-bond donors (Lipinski definition) is 1. The van der Waals surface area contributed by atoms with E-state index >= 15 is 0 Å². The smallest absolute Gasteiger partial charge is 0.228 e. The molecule has 1 fully saturated rings. The normalized spacial score (nSPS) is 17.6. The molecule has 1 atom stereocenters.